The normalized spacial score (nSPS) is 20.2. The van der Waals surface area contributed by atoms with Gasteiger partial charge in [0.1, 0.15) is 24.2 Å². The van der Waals surface area contributed by atoms with E-state index in [2.05, 4.69) is 14.1 Å². The molecule has 0 aromatic carbocycles. The molecule has 1 unspecified atom stereocenters. The van der Waals surface area contributed by atoms with Gasteiger partial charge in [-0.05, 0) is 24.0 Å². The number of hydrogen-bond acceptors (Lipinski definition) is 6. The lowest BCUT2D eigenvalue weighted by atomic mass is 10.1. The van der Waals surface area contributed by atoms with Crippen molar-refractivity contribution in [2.24, 2.45) is 4.36 Å². The number of alkyl halides is 5. The molecular formula is C19H25F5N3O3S2+. The number of aromatic nitrogens is 1. The second kappa shape index (κ2) is 9.65. The topological polar surface area (TPSA) is 60.8 Å². The molecule has 180 valence electrons. The van der Waals surface area contributed by atoms with E-state index in [-0.39, 0.29) is 16.9 Å². The van der Waals surface area contributed by atoms with E-state index in [9.17, 15) is 26.2 Å². The van der Waals surface area contributed by atoms with Crippen molar-refractivity contribution in [2.75, 3.05) is 45.6 Å². The zero-order chi connectivity index (χ0) is 24.4. The number of hydroxylamine groups is 3. The molecular weight excluding hydrogens is 477 g/mol. The Kier molecular flexibility index (Phi) is 8.01. The van der Waals surface area contributed by atoms with Gasteiger partial charge in [-0.3, -0.25) is 0 Å². The predicted octanol–water partition coefficient (Wildman–Crippen LogP) is 4.71. The number of quaternary nitrogens is 1. The van der Waals surface area contributed by atoms with E-state index < -0.39 is 28.4 Å². The lowest BCUT2D eigenvalue weighted by molar-refractivity contribution is -1.03. The molecule has 1 atom stereocenters. The Morgan fingerprint density at radius 2 is 1.91 bits per heavy atom. The lowest BCUT2D eigenvalue weighted by Crippen LogP contribution is -2.44. The molecule has 1 aromatic rings. The number of nitrogens with zero attached hydrogens (tertiary/aromatic N) is 3. The third-order valence-corrected chi connectivity index (χ3v) is 5.91. The Morgan fingerprint density at radius 3 is 2.38 bits per heavy atom. The molecule has 0 bridgehead atoms. The van der Waals surface area contributed by atoms with E-state index in [0.717, 1.165) is 11.1 Å². The van der Waals surface area contributed by atoms with Crippen LogP contribution in [0.4, 0.5) is 22.0 Å². The monoisotopic (exact) mass is 502 g/mol. The first kappa shape index (κ1) is 26.6. The van der Waals surface area contributed by atoms with Gasteiger partial charge < -0.3 is 4.74 Å². The van der Waals surface area contributed by atoms with Crippen molar-refractivity contribution in [3.05, 3.63) is 40.7 Å². The third-order valence-electron chi connectivity index (χ3n) is 4.32. The van der Waals surface area contributed by atoms with Gasteiger partial charge in [0.25, 0.3) is 0 Å². The highest BCUT2D eigenvalue weighted by Gasteiger charge is 2.58. The average Bonchev–Trinajstić information content (AvgIpc) is 2.65. The number of hydrogen-bond donors (Lipinski definition) is 0. The quantitative estimate of drug-likeness (QED) is 0.381. The molecule has 0 fully saturated rings. The summed E-state index contributed by atoms with van der Waals surface area (Å²) >= 11 is 1.48. The van der Waals surface area contributed by atoms with E-state index in [1.807, 2.05) is 6.92 Å². The van der Waals surface area contributed by atoms with Crippen LogP contribution in [0.1, 0.15) is 12.6 Å². The maximum Gasteiger partial charge on any atom is 0.456 e. The van der Waals surface area contributed by atoms with E-state index in [4.69, 9.17) is 4.84 Å². The van der Waals surface area contributed by atoms with Crippen LogP contribution in [0, 0.1) is 0 Å². The maximum atomic E-state index is 13.1. The van der Waals surface area contributed by atoms with Gasteiger partial charge >= 0.3 is 12.1 Å². The fraction of sp³-hybridized carbons (Fsp3) is 0.526. The van der Waals surface area contributed by atoms with Crippen LogP contribution in [0.3, 0.4) is 0 Å². The zero-order valence-corrected chi connectivity index (χ0v) is 19.8. The number of ether oxygens (including phenoxy) is 1. The van der Waals surface area contributed by atoms with Crippen molar-refractivity contribution in [2.45, 2.75) is 19.0 Å². The van der Waals surface area contributed by atoms with Crippen LogP contribution in [0.15, 0.2) is 39.4 Å². The van der Waals surface area contributed by atoms with Crippen molar-refractivity contribution in [3.63, 3.8) is 0 Å². The van der Waals surface area contributed by atoms with Crippen LogP contribution in [0.5, 0.6) is 5.75 Å². The number of pyridine rings is 1. The van der Waals surface area contributed by atoms with Gasteiger partial charge in [-0.2, -0.15) is 26.3 Å². The molecule has 6 nitrogen and oxygen atoms in total. The molecule has 2 heterocycles. The minimum Gasteiger partial charge on any atom is -0.485 e. The highest BCUT2D eigenvalue weighted by Crippen LogP contribution is 2.40. The average molecular weight is 503 g/mol. The summed E-state index contributed by atoms with van der Waals surface area (Å²) in [5.74, 6) is -4.50. The molecule has 0 saturated heterocycles. The first-order valence-corrected chi connectivity index (χ1v) is 12.6. The molecule has 0 spiro atoms. The largest absolute Gasteiger partial charge is 0.485 e. The Balaban J connectivity index is 2.44. The van der Waals surface area contributed by atoms with Gasteiger partial charge in [0.05, 0.1) is 18.2 Å². The summed E-state index contributed by atoms with van der Waals surface area (Å²) in [5.41, 5.74) is 1.65. The van der Waals surface area contributed by atoms with E-state index >= 15 is 0 Å². The second-order valence-corrected chi connectivity index (χ2v) is 11.2. The smallest absolute Gasteiger partial charge is 0.456 e. The molecule has 0 aliphatic carbocycles. The lowest BCUT2D eigenvalue weighted by Gasteiger charge is -2.35. The Bertz CT molecular complexity index is 1010. The third kappa shape index (κ3) is 6.42. The highest BCUT2D eigenvalue weighted by atomic mass is 32.2. The first-order valence-electron chi connectivity index (χ1n) is 9.32. The molecule has 0 amide bonds. The molecule has 13 heteroatoms. The Hall–Kier alpha value is -1.70. The molecule has 2 rings (SSSR count). The molecule has 1 aromatic heterocycles. The summed E-state index contributed by atoms with van der Waals surface area (Å²) in [6.45, 7) is 0.361. The van der Waals surface area contributed by atoms with Crippen molar-refractivity contribution in [1.29, 1.82) is 0 Å². The fourth-order valence-electron chi connectivity index (χ4n) is 2.88. The minimum absolute atomic E-state index is 0.0907. The van der Waals surface area contributed by atoms with Gasteiger partial charge in [-0.1, -0.05) is 6.92 Å². The summed E-state index contributed by atoms with van der Waals surface area (Å²) in [6.07, 6.45) is 0.230. The number of halogens is 5. The summed E-state index contributed by atoms with van der Waals surface area (Å²) in [5, 5.41) is 0. The van der Waals surface area contributed by atoms with Crippen LogP contribution in [0.25, 0.3) is 5.70 Å². The summed E-state index contributed by atoms with van der Waals surface area (Å²) in [7, 11) is 0.849. The van der Waals surface area contributed by atoms with Crippen LogP contribution in [-0.2, 0) is 14.6 Å². The van der Waals surface area contributed by atoms with Crippen molar-refractivity contribution < 1.29 is 40.4 Å². The van der Waals surface area contributed by atoms with Gasteiger partial charge in [0.15, 0.2) is 13.2 Å². The van der Waals surface area contributed by atoms with Crippen LogP contribution >= 0.6 is 11.8 Å². The van der Waals surface area contributed by atoms with Crippen molar-refractivity contribution in [3.8, 4) is 5.75 Å². The number of likely N-dealkylation sites (N-methyl/N-ethyl adjacent to an activating group) is 1. The Morgan fingerprint density at radius 1 is 1.25 bits per heavy atom. The number of thioether (sulfide) groups is 1. The van der Waals surface area contributed by atoms with Crippen LogP contribution in [0.2, 0.25) is 0 Å². The van der Waals surface area contributed by atoms with Crippen LogP contribution < -0.4 is 4.74 Å². The number of allylic oxidation sites excluding steroid dienone is 1. The fourth-order valence-corrected chi connectivity index (χ4v) is 4.52. The second-order valence-electron chi connectivity index (χ2n) is 7.37. The molecule has 0 N–H and O–H groups in total. The van der Waals surface area contributed by atoms with Crippen molar-refractivity contribution >= 4 is 27.2 Å². The van der Waals surface area contributed by atoms with Gasteiger partial charge in [-0.15, -0.1) is 16.4 Å². The van der Waals surface area contributed by atoms with Crippen molar-refractivity contribution in [1.82, 2.24) is 4.98 Å². The van der Waals surface area contributed by atoms with Gasteiger partial charge in [0.2, 0.25) is 5.70 Å². The van der Waals surface area contributed by atoms with E-state index in [0.29, 0.717) is 22.8 Å². The SMILES string of the molecule is CCSC1=C(c2ccc(OCC(F)(F)C(F)(F)F)cn2)[N+](C)(OC)CC(N=S(C)(C)=O)=C1. The molecule has 32 heavy (non-hydrogen) atoms. The zero-order valence-electron chi connectivity index (χ0n) is 18.2. The van der Waals surface area contributed by atoms with E-state index in [1.54, 1.807) is 13.1 Å². The number of rotatable bonds is 8. The molecule has 1 aliphatic heterocycles. The van der Waals surface area contributed by atoms with Crippen LogP contribution in [-0.4, -0.2) is 71.5 Å². The van der Waals surface area contributed by atoms with E-state index in [1.165, 1.54) is 43.5 Å². The summed E-state index contributed by atoms with van der Waals surface area (Å²) < 4.78 is 84.1. The minimum atomic E-state index is -5.70. The van der Waals surface area contributed by atoms with Gasteiger partial charge in [-0.25, -0.2) is 14.0 Å². The summed E-state index contributed by atoms with van der Waals surface area (Å²) in [4.78, 5) is 10.7. The summed E-state index contributed by atoms with van der Waals surface area (Å²) in [6, 6.07) is 2.73. The molecule has 0 saturated carbocycles. The Labute approximate surface area is 188 Å². The highest BCUT2D eigenvalue weighted by molar-refractivity contribution is 8.03. The standard InChI is InChI=1S/C19H25F5N3O3S2/c1-6-31-16-9-13(26-32(4,5)28)11-27(2,29-3)17(16)15-8-7-14(10-25-15)30-12-18(20,21)19(22,23)24/h7-10H,6,11-12H2,1-5H3/q+1. The maximum absolute atomic E-state index is 13.1. The van der Waals surface area contributed by atoms with Gasteiger partial charge in [0, 0.05) is 22.2 Å². The predicted molar refractivity (Wildman–Crippen MR) is 114 cm³/mol. The first-order chi connectivity index (χ1) is 14.6. The molecule has 1 aliphatic rings. The molecule has 0 radical (unpaired) electrons.